The molecule has 0 spiro atoms. The highest BCUT2D eigenvalue weighted by molar-refractivity contribution is 5.27. The van der Waals surface area contributed by atoms with Gasteiger partial charge in [-0.2, -0.15) is 0 Å². The fraction of sp³-hybridized carbons (Fsp3) is 0.375. The van der Waals surface area contributed by atoms with E-state index in [-0.39, 0.29) is 0 Å². The second-order valence-corrected chi connectivity index (χ2v) is 4.07. The lowest BCUT2D eigenvalue weighted by atomic mass is 10.0. The van der Waals surface area contributed by atoms with Gasteiger partial charge in [-0.1, -0.05) is 35.9 Å². The van der Waals surface area contributed by atoms with Crippen LogP contribution in [0.2, 0.25) is 0 Å². The molecule has 1 nitrogen and oxygen atoms in total. The van der Waals surface area contributed by atoms with Gasteiger partial charge in [0.05, 0.1) is 7.11 Å². The Labute approximate surface area is 105 Å². The van der Waals surface area contributed by atoms with Gasteiger partial charge < -0.3 is 4.74 Å². The average Bonchev–Trinajstić information content (AvgIpc) is 2.38. The smallest absolute Gasteiger partial charge is 0.118 e. The molecule has 0 heterocycles. The van der Waals surface area contributed by atoms with Crippen LogP contribution in [0.15, 0.2) is 48.1 Å². The number of benzene rings is 1. The normalized spacial score (nSPS) is 12.1. The molecule has 0 aliphatic rings. The predicted molar refractivity (Wildman–Crippen MR) is 74.5 cm³/mol. The molecule has 17 heavy (non-hydrogen) atoms. The third-order valence-corrected chi connectivity index (χ3v) is 2.84. The van der Waals surface area contributed by atoms with E-state index in [0.717, 1.165) is 18.6 Å². The highest BCUT2D eigenvalue weighted by Crippen LogP contribution is 2.15. The SMILES string of the molecule is C/C=C(\C=C\C)CCCc1ccc(OC)cc1. The van der Waals surface area contributed by atoms with Crippen LogP contribution in [-0.4, -0.2) is 7.11 Å². The van der Waals surface area contributed by atoms with Gasteiger partial charge in [-0.25, -0.2) is 0 Å². The topological polar surface area (TPSA) is 9.23 Å². The van der Waals surface area contributed by atoms with Gasteiger partial charge in [0.25, 0.3) is 0 Å². The summed E-state index contributed by atoms with van der Waals surface area (Å²) in [6, 6.07) is 8.34. The van der Waals surface area contributed by atoms with Crippen LogP contribution < -0.4 is 4.74 Å². The fourth-order valence-corrected chi connectivity index (χ4v) is 1.83. The molecule has 0 aliphatic heterocycles. The van der Waals surface area contributed by atoms with Crippen molar-refractivity contribution in [3.05, 3.63) is 53.6 Å². The van der Waals surface area contributed by atoms with Crippen molar-refractivity contribution in [1.29, 1.82) is 0 Å². The molecule has 0 saturated heterocycles. The third-order valence-electron chi connectivity index (χ3n) is 2.84. The van der Waals surface area contributed by atoms with Crippen LogP contribution in [0, 0.1) is 0 Å². The molecule has 92 valence electrons. The number of aryl methyl sites for hydroxylation is 1. The van der Waals surface area contributed by atoms with E-state index in [1.54, 1.807) is 7.11 Å². The first-order valence-corrected chi connectivity index (χ1v) is 6.21. The summed E-state index contributed by atoms with van der Waals surface area (Å²) in [7, 11) is 1.70. The molecule has 0 atom stereocenters. The molecule has 1 aromatic rings. The van der Waals surface area contributed by atoms with Gasteiger partial charge in [0.15, 0.2) is 0 Å². The van der Waals surface area contributed by atoms with E-state index in [0.29, 0.717) is 0 Å². The molecule has 0 amide bonds. The van der Waals surface area contributed by atoms with Crippen molar-refractivity contribution in [2.24, 2.45) is 0 Å². The maximum absolute atomic E-state index is 5.14. The van der Waals surface area contributed by atoms with Crippen LogP contribution >= 0.6 is 0 Å². The lowest BCUT2D eigenvalue weighted by Crippen LogP contribution is -1.88. The minimum atomic E-state index is 0.928. The molecule has 0 bridgehead atoms. The van der Waals surface area contributed by atoms with E-state index in [1.807, 2.05) is 12.1 Å². The van der Waals surface area contributed by atoms with Gasteiger partial charge in [-0.3, -0.25) is 0 Å². The maximum Gasteiger partial charge on any atom is 0.118 e. The number of allylic oxidation sites excluding steroid dienone is 4. The van der Waals surface area contributed by atoms with Crippen molar-refractivity contribution in [2.45, 2.75) is 33.1 Å². The molecule has 0 unspecified atom stereocenters. The van der Waals surface area contributed by atoms with Crippen LogP contribution in [-0.2, 0) is 6.42 Å². The van der Waals surface area contributed by atoms with Crippen LogP contribution in [0.4, 0.5) is 0 Å². The molecule has 0 aliphatic carbocycles. The van der Waals surface area contributed by atoms with Gasteiger partial charge in [0.2, 0.25) is 0 Å². The molecule has 1 rings (SSSR count). The summed E-state index contributed by atoms with van der Waals surface area (Å²) in [4.78, 5) is 0. The number of hydrogen-bond donors (Lipinski definition) is 0. The van der Waals surface area contributed by atoms with Crippen LogP contribution in [0.5, 0.6) is 5.75 Å². The summed E-state index contributed by atoms with van der Waals surface area (Å²) < 4.78 is 5.14. The lowest BCUT2D eigenvalue weighted by Gasteiger charge is -2.04. The zero-order valence-electron chi connectivity index (χ0n) is 11.1. The number of rotatable bonds is 6. The second-order valence-electron chi connectivity index (χ2n) is 4.07. The Balaban J connectivity index is 2.40. The van der Waals surface area contributed by atoms with Crippen LogP contribution in [0.1, 0.15) is 32.3 Å². The van der Waals surface area contributed by atoms with Crippen molar-refractivity contribution in [1.82, 2.24) is 0 Å². The van der Waals surface area contributed by atoms with Crippen molar-refractivity contribution in [2.75, 3.05) is 7.11 Å². The molecule has 0 saturated carbocycles. The van der Waals surface area contributed by atoms with Crippen molar-refractivity contribution in [3.63, 3.8) is 0 Å². The molecule has 1 heteroatoms. The molecule has 0 aromatic heterocycles. The summed E-state index contributed by atoms with van der Waals surface area (Å²) in [5, 5.41) is 0. The van der Waals surface area contributed by atoms with E-state index >= 15 is 0 Å². The Morgan fingerprint density at radius 1 is 1.18 bits per heavy atom. The maximum atomic E-state index is 5.14. The monoisotopic (exact) mass is 230 g/mol. The highest BCUT2D eigenvalue weighted by Gasteiger charge is 1.96. The van der Waals surface area contributed by atoms with Gasteiger partial charge in [0, 0.05) is 0 Å². The summed E-state index contributed by atoms with van der Waals surface area (Å²) in [5.41, 5.74) is 2.79. The summed E-state index contributed by atoms with van der Waals surface area (Å²) >= 11 is 0. The van der Waals surface area contributed by atoms with Gasteiger partial charge in [-0.15, -0.1) is 0 Å². The first-order chi connectivity index (χ1) is 8.30. The number of ether oxygens (including phenoxy) is 1. The lowest BCUT2D eigenvalue weighted by molar-refractivity contribution is 0.414. The fourth-order valence-electron chi connectivity index (χ4n) is 1.83. The zero-order chi connectivity index (χ0) is 12.5. The Hall–Kier alpha value is -1.50. The minimum absolute atomic E-state index is 0.928. The Morgan fingerprint density at radius 2 is 1.88 bits per heavy atom. The molecular weight excluding hydrogens is 208 g/mol. The van der Waals surface area contributed by atoms with Gasteiger partial charge in [0.1, 0.15) is 5.75 Å². The van der Waals surface area contributed by atoms with Gasteiger partial charge >= 0.3 is 0 Å². The van der Waals surface area contributed by atoms with Crippen molar-refractivity contribution in [3.8, 4) is 5.75 Å². The Kier molecular flexibility index (Phi) is 6.16. The summed E-state index contributed by atoms with van der Waals surface area (Å²) in [6.45, 7) is 4.16. The first-order valence-electron chi connectivity index (χ1n) is 6.21. The van der Waals surface area contributed by atoms with Gasteiger partial charge in [-0.05, 0) is 50.8 Å². The standard InChI is InChI=1S/C16H22O/c1-4-7-14(5-2)8-6-9-15-10-12-16(17-3)13-11-15/h4-5,7,10-13H,6,8-9H2,1-3H3/b7-4+,14-5+. The Bertz CT molecular complexity index is 371. The number of methoxy groups -OCH3 is 1. The molecule has 0 fully saturated rings. The number of hydrogen-bond acceptors (Lipinski definition) is 1. The quantitative estimate of drug-likeness (QED) is 0.652. The molecule has 0 radical (unpaired) electrons. The van der Waals surface area contributed by atoms with E-state index in [4.69, 9.17) is 4.74 Å². The third kappa shape index (κ3) is 4.90. The molecule has 0 N–H and O–H groups in total. The van der Waals surface area contributed by atoms with E-state index < -0.39 is 0 Å². The molecular formula is C16H22O. The van der Waals surface area contributed by atoms with Crippen molar-refractivity contribution >= 4 is 0 Å². The summed E-state index contributed by atoms with van der Waals surface area (Å²) in [5.74, 6) is 0.928. The Morgan fingerprint density at radius 3 is 2.41 bits per heavy atom. The van der Waals surface area contributed by atoms with E-state index in [9.17, 15) is 0 Å². The summed E-state index contributed by atoms with van der Waals surface area (Å²) in [6.07, 6.45) is 9.94. The van der Waals surface area contributed by atoms with Crippen molar-refractivity contribution < 1.29 is 4.74 Å². The second kappa shape index (κ2) is 7.72. The molecule has 1 aromatic carbocycles. The van der Waals surface area contributed by atoms with E-state index in [2.05, 4.69) is 44.2 Å². The van der Waals surface area contributed by atoms with Crippen LogP contribution in [0.3, 0.4) is 0 Å². The first kappa shape index (κ1) is 13.6. The average molecular weight is 230 g/mol. The minimum Gasteiger partial charge on any atom is -0.497 e. The zero-order valence-corrected chi connectivity index (χ0v) is 11.1. The predicted octanol–water partition coefficient (Wildman–Crippen LogP) is 4.54. The highest BCUT2D eigenvalue weighted by atomic mass is 16.5. The van der Waals surface area contributed by atoms with Crippen LogP contribution in [0.25, 0.3) is 0 Å². The largest absolute Gasteiger partial charge is 0.497 e. The van der Waals surface area contributed by atoms with E-state index in [1.165, 1.54) is 17.6 Å².